The number of phenols is 1. The van der Waals surface area contributed by atoms with Gasteiger partial charge < -0.3 is 20.6 Å². The molecule has 0 radical (unpaired) electrons. The third-order valence-electron chi connectivity index (χ3n) is 7.73. The molecule has 1 aliphatic heterocycles. The molecule has 6 rings (SSSR count). The van der Waals surface area contributed by atoms with Crippen LogP contribution in [0.3, 0.4) is 0 Å². The van der Waals surface area contributed by atoms with E-state index in [4.69, 9.17) is 10.7 Å². The molecule has 0 bridgehead atoms. The van der Waals surface area contributed by atoms with Crippen molar-refractivity contribution in [3.8, 4) is 17.3 Å². The average Bonchev–Trinajstić information content (AvgIpc) is 3.46. The van der Waals surface area contributed by atoms with Crippen LogP contribution in [0.15, 0.2) is 42.9 Å². The zero-order valence-electron chi connectivity index (χ0n) is 20.2. The zero-order chi connectivity index (χ0) is 24.9. The summed E-state index contributed by atoms with van der Waals surface area (Å²) in [6, 6.07) is 6.61. The molecule has 1 amide bonds. The number of imidazole rings is 1. The predicted molar refractivity (Wildman–Crippen MR) is 137 cm³/mol. The summed E-state index contributed by atoms with van der Waals surface area (Å²) < 4.78 is 1.95. The molecule has 1 unspecified atom stereocenters. The molecular formula is C27H29N7O2. The summed E-state index contributed by atoms with van der Waals surface area (Å²) in [6.45, 7) is 1.77. The van der Waals surface area contributed by atoms with Crippen molar-refractivity contribution in [2.75, 3.05) is 11.1 Å². The van der Waals surface area contributed by atoms with Gasteiger partial charge in [-0.15, -0.1) is 0 Å². The summed E-state index contributed by atoms with van der Waals surface area (Å²) >= 11 is 0. The Hall–Kier alpha value is -4.01. The van der Waals surface area contributed by atoms with Gasteiger partial charge in [0.2, 0.25) is 5.91 Å². The molecule has 2 aliphatic rings. The first-order valence-corrected chi connectivity index (χ1v) is 12.6. The number of nitrogen functional groups attached to an aromatic ring is 1. The lowest BCUT2D eigenvalue weighted by Crippen LogP contribution is -2.32. The molecule has 1 aliphatic carbocycles. The van der Waals surface area contributed by atoms with E-state index in [-0.39, 0.29) is 17.5 Å². The van der Waals surface area contributed by atoms with E-state index in [1.807, 2.05) is 16.8 Å². The number of aromatic nitrogens is 5. The number of nitrogens with one attached hydrogen (secondary N) is 1. The van der Waals surface area contributed by atoms with Gasteiger partial charge in [0.1, 0.15) is 28.5 Å². The number of carbonyl (C=O) groups is 1. The molecule has 3 aromatic heterocycles. The van der Waals surface area contributed by atoms with Crippen molar-refractivity contribution in [1.29, 1.82) is 0 Å². The maximum atomic E-state index is 13.2. The minimum absolute atomic E-state index is 0.0738. The number of hydrogen-bond acceptors (Lipinski definition) is 7. The Morgan fingerprint density at radius 3 is 2.83 bits per heavy atom. The van der Waals surface area contributed by atoms with Gasteiger partial charge in [0.15, 0.2) is 11.5 Å². The first-order valence-electron chi connectivity index (χ1n) is 12.6. The van der Waals surface area contributed by atoms with Crippen molar-refractivity contribution >= 4 is 23.2 Å². The second kappa shape index (κ2) is 8.58. The maximum absolute atomic E-state index is 13.2. The molecule has 4 aromatic rings. The van der Waals surface area contributed by atoms with Gasteiger partial charge in [-0.05, 0) is 43.4 Å². The fraction of sp³-hybridized carbons (Fsp3) is 0.370. The monoisotopic (exact) mass is 483 g/mol. The number of nitrogens with two attached hydrogens (primary N) is 1. The smallest absolute Gasteiger partial charge is 0.240 e. The number of phenolic OH excluding ortho intramolecular Hbond substituents is 1. The van der Waals surface area contributed by atoms with Gasteiger partial charge in [-0.2, -0.15) is 0 Å². The van der Waals surface area contributed by atoms with E-state index in [9.17, 15) is 9.90 Å². The van der Waals surface area contributed by atoms with E-state index in [1.165, 1.54) is 32.1 Å². The van der Waals surface area contributed by atoms with Crippen LogP contribution in [0.1, 0.15) is 62.3 Å². The highest BCUT2D eigenvalue weighted by Gasteiger charge is 2.47. The Labute approximate surface area is 208 Å². The van der Waals surface area contributed by atoms with E-state index >= 15 is 0 Å². The average molecular weight is 484 g/mol. The molecule has 184 valence electrons. The number of benzene rings is 1. The molecule has 1 fully saturated rings. The summed E-state index contributed by atoms with van der Waals surface area (Å²) in [4.78, 5) is 31.8. The molecule has 1 saturated carbocycles. The Balaban J connectivity index is 1.39. The molecule has 4 N–H and O–H groups in total. The van der Waals surface area contributed by atoms with E-state index in [1.54, 1.807) is 37.4 Å². The second-order valence-electron chi connectivity index (χ2n) is 10.1. The largest absolute Gasteiger partial charge is 0.508 e. The Kier molecular flexibility index (Phi) is 5.35. The first-order chi connectivity index (χ1) is 17.4. The maximum Gasteiger partial charge on any atom is 0.240 e. The number of fused-ring (bicyclic) bond motifs is 2. The fourth-order valence-corrected chi connectivity index (χ4v) is 5.70. The van der Waals surface area contributed by atoms with E-state index < -0.39 is 5.41 Å². The van der Waals surface area contributed by atoms with Crippen molar-refractivity contribution in [2.24, 2.45) is 5.92 Å². The number of nitrogens with zero attached hydrogens (tertiary/aromatic N) is 5. The van der Waals surface area contributed by atoms with Gasteiger partial charge in [-0.1, -0.05) is 44.2 Å². The Bertz CT molecular complexity index is 1470. The highest BCUT2D eigenvalue weighted by Crippen LogP contribution is 2.45. The highest BCUT2D eigenvalue weighted by molar-refractivity contribution is 6.09. The molecule has 1 atom stereocenters. The van der Waals surface area contributed by atoms with Crippen LogP contribution >= 0.6 is 0 Å². The number of amides is 1. The summed E-state index contributed by atoms with van der Waals surface area (Å²) in [5, 5.41) is 12.9. The van der Waals surface area contributed by atoms with E-state index in [0.717, 1.165) is 30.1 Å². The van der Waals surface area contributed by atoms with Crippen LogP contribution in [-0.2, 0) is 16.6 Å². The van der Waals surface area contributed by atoms with Crippen LogP contribution in [0, 0.1) is 5.92 Å². The molecule has 9 heteroatoms. The van der Waals surface area contributed by atoms with Crippen molar-refractivity contribution < 1.29 is 9.90 Å². The molecule has 4 heterocycles. The Morgan fingerprint density at radius 1 is 1.19 bits per heavy atom. The minimum atomic E-state index is -1.12. The van der Waals surface area contributed by atoms with Gasteiger partial charge in [0, 0.05) is 18.6 Å². The summed E-state index contributed by atoms with van der Waals surface area (Å²) in [7, 11) is 0. The van der Waals surface area contributed by atoms with Crippen LogP contribution in [0.2, 0.25) is 0 Å². The lowest BCUT2D eigenvalue weighted by molar-refractivity contribution is -0.119. The fourth-order valence-electron chi connectivity index (χ4n) is 5.70. The van der Waals surface area contributed by atoms with Crippen LogP contribution in [0.5, 0.6) is 5.75 Å². The SMILES string of the molecule is CC1(c2cccc(O)c2)C(=O)Nc2nc(-c3cn4ccnc4c(CCC4CCCCC4)n3)nc(N)c21. The number of hydrogen-bond donors (Lipinski definition) is 3. The van der Waals surface area contributed by atoms with E-state index in [2.05, 4.69) is 20.3 Å². The predicted octanol–water partition coefficient (Wildman–Crippen LogP) is 4.25. The third kappa shape index (κ3) is 3.66. The summed E-state index contributed by atoms with van der Waals surface area (Å²) in [5.41, 5.74) is 8.79. The lowest BCUT2D eigenvalue weighted by atomic mass is 9.77. The normalized spacial score (nSPS) is 20.0. The van der Waals surface area contributed by atoms with Gasteiger partial charge in [-0.25, -0.2) is 19.9 Å². The van der Waals surface area contributed by atoms with Gasteiger partial charge in [0.05, 0.1) is 11.3 Å². The standard InChI is InChI=1S/C27H29N7O2/c1-27(17-8-5-9-18(35)14-17)21-22(28)31-23(32-24(21)33-26(27)36)20-15-34-13-12-29-25(34)19(30-20)11-10-16-6-3-2-4-7-16/h5,8-9,12-16,35H,2-4,6-7,10-11H2,1H3,(H3,28,31,32,33,36). The van der Waals surface area contributed by atoms with Crippen molar-refractivity contribution in [3.63, 3.8) is 0 Å². The van der Waals surface area contributed by atoms with Crippen molar-refractivity contribution in [2.45, 2.75) is 57.3 Å². The molecule has 0 saturated heterocycles. The first kappa shape index (κ1) is 22.5. The summed E-state index contributed by atoms with van der Waals surface area (Å²) in [6.07, 6.45) is 14.0. The van der Waals surface area contributed by atoms with Crippen LogP contribution < -0.4 is 11.1 Å². The van der Waals surface area contributed by atoms with Gasteiger partial charge in [0.25, 0.3) is 0 Å². The molecule has 36 heavy (non-hydrogen) atoms. The van der Waals surface area contributed by atoms with E-state index in [0.29, 0.717) is 28.5 Å². The minimum Gasteiger partial charge on any atom is -0.508 e. The number of aromatic hydroxyl groups is 1. The highest BCUT2D eigenvalue weighted by atomic mass is 16.3. The third-order valence-corrected chi connectivity index (χ3v) is 7.73. The topological polar surface area (TPSA) is 131 Å². The number of carbonyl (C=O) groups excluding carboxylic acids is 1. The number of aryl methyl sites for hydroxylation is 1. The van der Waals surface area contributed by atoms with Crippen molar-refractivity contribution in [1.82, 2.24) is 24.3 Å². The van der Waals surface area contributed by atoms with Gasteiger partial charge >= 0.3 is 0 Å². The molecular weight excluding hydrogens is 454 g/mol. The number of rotatable bonds is 5. The van der Waals surface area contributed by atoms with Crippen LogP contribution in [0.25, 0.3) is 17.2 Å². The zero-order valence-corrected chi connectivity index (χ0v) is 20.2. The molecule has 0 spiro atoms. The summed E-state index contributed by atoms with van der Waals surface area (Å²) in [5.74, 6) is 1.45. The van der Waals surface area contributed by atoms with Crippen molar-refractivity contribution in [3.05, 3.63) is 59.7 Å². The quantitative estimate of drug-likeness (QED) is 0.387. The second-order valence-corrected chi connectivity index (χ2v) is 10.1. The Morgan fingerprint density at radius 2 is 2.03 bits per heavy atom. The molecule has 9 nitrogen and oxygen atoms in total. The van der Waals surface area contributed by atoms with Crippen LogP contribution in [0.4, 0.5) is 11.6 Å². The molecule has 1 aromatic carbocycles. The van der Waals surface area contributed by atoms with Gasteiger partial charge in [-0.3, -0.25) is 4.79 Å². The lowest BCUT2D eigenvalue weighted by Gasteiger charge is -2.23. The van der Waals surface area contributed by atoms with Crippen LogP contribution in [-0.4, -0.2) is 35.4 Å². The number of anilines is 2.